The summed E-state index contributed by atoms with van der Waals surface area (Å²) in [5.74, 6) is -6.20. The SMILES string of the molecule is Nc1nc2ncc(CNc3ccc(C(=O)N[C@@H](CCC(=O)NCCCC(=S)Nc4ccc(CN5CCN(CC(=O)[O-])CCN(CC(=O)[O-])CCN(CC(=O)[O-])CC5)cc4)C(=O)O)cc3)nc2c(=O)[nH]1.[Ga+3]. The van der Waals surface area contributed by atoms with Crippen LogP contribution in [0, 0.1) is 0 Å². The van der Waals surface area contributed by atoms with E-state index in [9.17, 15) is 54.0 Å². The number of carbonyl (C=O) groups excluding carboxylic acids is 5. The summed E-state index contributed by atoms with van der Waals surface area (Å²) in [6.07, 6.45) is 2.09. The van der Waals surface area contributed by atoms with E-state index >= 15 is 0 Å². The summed E-state index contributed by atoms with van der Waals surface area (Å²) >= 11 is 5.52. The maximum absolute atomic E-state index is 12.9. The topological polar surface area (TPSA) is 350 Å². The minimum absolute atomic E-state index is 0. The van der Waals surface area contributed by atoms with E-state index in [1.165, 1.54) is 18.3 Å². The summed E-state index contributed by atoms with van der Waals surface area (Å²) in [4.78, 5) is 106. The van der Waals surface area contributed by atoms with Gasteiger partial charge in [0.05, 0.1) is 41.3 Å². The number of nitrogens with zero attached hydrogens (tertiary/aromatic N) is 7. The van der Waals surface area contributed by atoms with Crippen LogP contribution < -0.4 is 47.9 Å². The summed E-state index contributed by atoms with van der Waals surface area (Å²) < 4.78 is 0. The van der Waals surface area contributed by atoms with Crippen LogP contribution in [0.2, 0.25) is 0 Å². The molecule has 0 radical (unpaired) electrons. The van der Waals surface area contributed by atoms with E-state index in [1.807, 2.05) is 24.3 Å². The Balaban J connectivity index is 0.0000107. The molecule has 5 rings (SSSR count). The minimum atomic E-state index is -1.32. The summed E-state index contributed by atoms with van der Waals surface area (Å²) in [6.45, 7) is 2.44. The normalized spacial score (nSPS) is 14.7. The molecule has 24 nitrogen and oxygen atoms in total. The number of carboxylic acid groups (broad SMARTS) is 4. The average molecular weight is 1040 g/mol. The molecule has 8 N–H and O–H groups in total. The van der Waals surface area contributed by atoms with Crippen molar-refractivity contribution in [1.29, 1.82) is 0 Å². The second-order valence-electron chi connectivity index (χ2n) is 16.2. The van der Waals surface area contributed by atoms with Gasteiger partial charge in [-0.25, -0.2) is 14.8 Å². The molecule has 0 saturated carbocycles. The number of nitrogens with one attached hydrogen (secondary N) is 5. The molecule has 1 aliphatic heterocycles. The summed E-state index contributed by atoms with van der Waals surface area (Å²) in [6, 6.07) is 12.4. The van der Waals surface area contributed by atoms with Crippen molar-refractivity contribution in [2.75, 3.05) is 94.9 Å². The number of aromatic amines is 1. The van der Waals surface area contributed by atoms with E-state index in [0.717, 1.165) is 11.3 Å². The number of benzene rings is 2. The molecule has 0 aliphatic carbocycles. The van der Waals surface area contributed by atoms with Crippen LogP contribution in [0.4, 0.5) is 17.3 Å². The van der Waals surface area contributed by atoms with Crippen LogP contribution in [0.3, 0.4) is 0 Å². The molecular formula is C44H54GaN13O11S. The Morgan fingerprint density at radius 1 is 0.771 bits per heavy atom. The minimum Gasteiger partial charge on any atom is -0.549 e. The number of amides is 2. The Morgan fingerprint density at radius 2 is 1.31 bits per heavy atom. The van der Waals surface area contributed by atoms with Crippen LogP contribution in [-0.4, -0.2) is 190 Å². The molecule has 1 fully saturated rings. The van der Waals surface area contributed by atoms with Gasteiger partial charge in [-0.2, -0.15) is 4.98 Å². The number of aliphatic carboxylic acids is 4. The van der Waals surface area contributed by atoms with Gasteiger partial charge >= 0.3 is 25.8 Å². The molecule has 2 amide bonds. The first-order valence-electron chi connectivity index (χ1n) is 22.0. The number of anilines is 3. The van der Waals surface area contributed by atoms with Crippen molar-refractivity contribution in [1.82, 2.24) is 50.2 Å². The van der Waals surface area contributed by atoms with Gasteiger partial charge in [0.2, 0.25) is 11.9 Å². The first-order chi connectivity index (χ1) is 33.0. The van der Waals surface area contributed by atoms with Gasteiger partial charge in [0.25, 0.3) is 11.5 Å². The number of carbonyl (C=O) groups is 6. The molecule has 1 aliphatic rings. The Morgan fingerprint density at radius 3 is 1.86 bits per heavy atom. The van der Waals surface area contributed by atoms with Gasteiger partial charge in [-0.15, -0.1) is 0 Å². The Bertz CT molecular complexity index is 2470. The van der Waals surface area contributed by atoms with Crippen molar-refractivity contribution in [2.24, 2.45) is 0 Å². The van der Waals surface area contributed by atoms with Crippen LogP contribution in [0.15, 0.2) is 59.5 Å². The number of hydrogen-bond acceptors (Lipinski definition) is 20. The fourth-order valence-corrected chi connectivity index (χ4v) is 7.52. The van der Waals surface area contributed by atoms with Crippen LogP contribution >= 0.6 is 12.2 Å². The van der Waals surface area contributed by atoms with Crippen LogP contribution in [0.5, 0.6) is 0 Å². The molecule has 0 unspecified atom stereocenters. The number of aromatic nitrogens is 4. The Kier molecular flexibility index (Phi) is 22.6. The van der Waals surface area contributed by atoms with Gasteiger partial charge in [-0.05, 0) is 61.2 Å². The molecule has 26 heteroatoms. The van der Waals surface area contributed by atoms with Crippen molar-refractivity contribution in [2.45, 2.75) is 44.8 Å². The van der Waals surface area contributed by atoms with Gasteiger partial charge in [-0.3, -0.25) is 39.0 Å². The molecule has 2 aromatic carbocycles. The van der Waals surface area contributed by atoms with Gasteiger partial charge in [0, 0.05) is 108 Å². The maximum Gasteiger partial charge on any atom is 3.00 e. The molecule has 2 aromatic heterocycles. The number of nitrogen functional groups attached to an aromatic ring is 1. The largest absolute Gasteiger partial charge is 3.00 e. The number of hydrogen-bond donors (Lipinski definition) is 7. The van der Waals surface area contributed by atoms with E-state index in [0.29, 0.717) is 61.9 Å². The van der Waals surface area contributed by atoms with Crippen LogP contribution in [0.1, 0.15) is 47.3 Å². The third-order valence-electron chi connectivity index (χ3n) is 10.9. The first-order valence-corrected chi connectivity index (χ1v) is 22.4. The second-order valence-corrected chi connectivity index (χ2v) is 16.7. The van der Waals surface area contributed by atoms with Gasteiger partial charge in [0.1, 0.15) is 6.04 Å². The van der Waals surface area contributed by atoms with E-state index < -0.39 is 47.3 Å². The Hall–Kier alpha value is -6.55. The van der Waals surface area contributed by atoms with Crippen molar-refractivity contribution < 1.29 is 49.2 Å². The molecule has 3 heterocycles. The average Bonchev–Trinajstić information content (AvgIpc) is 3.29. The molecular weight excluding hydrogens is 988 g/mol. The van der Waals surface area contributed by atoms with Crippen molar-refractivity contribution in [3.8, 4) is 0 Å². The summed E-state index contributed by atoms with van der Waals surface area (Å²) in [5, 5.41) is 55.6. The molecule has 0 bridgehead atoms. The standard InChI is InChI=1S/C44H57N13O11S.Ga/c45-44-52-40-39(42(66)53-44)50-32(23-48-40)22-47-30-9-5-29(6-10-30)41(65)51-33(43(67)68)11-12-34(58)46-13-1-2-35(69)49-31-7-3-28(4-8-31)24-54-14-16-55(25-36(59)60)18-20-57(27-38(63)64)21-19-56(17-15-54)26-37(61)62;/h3-10,23,33,47H,1-2,11-22,24-27H2,(H,46,58)(H,49,69)(H,51,65)(H,59,60)(H,61,62)(H,63,64)(H,67,68)(H3,45,48,52,53,66);/q;+3/p-3/t33-;/m0./s1. The smallest absolute Gasteiger partial charge is 0.549 e. The van der Waals surface area contributed by atoms with E-state index in [4.69, 9.17) is 18.0 Å². The second kappa shape index (κ2) is 28.2. The van der Waals surface area contributed by atoms with Gasteiger partial charge in [0.15, 0.2) is 11.2 Å². The predicted octanol–water partition coefficient (Wildman–Crippen LogP) is -4.20. The fraction of sp³-hybridized carbons (Fsp3) is 0.432. The molecule has 1 saturated heterocycles. The molecule has 370 valence electrons. The quantitative estimate of drug-likeness (QED) is 0.0223. The number of fused-ring (bicyclic) bond motifs is 1. The summed E-state index contributed by atoms with van der Waals surface area (Å²) in [5.41, 5.74) is 8.10. The number of H-pyrrole nitrogens is 1. The van der Waals surface area contributed by atoms with Crippen LogP contribution in [-0.2, 0) is 37.1 Å². The number of carboxylic acids is 4. The Labute approximate surface area is 420 Å². The van der Waals surface area contributed by atoms with Gasteiger partial charge in [-0.1, -0.05) is 24.4 Å². The van der Waals surface area contributed by atoms with Crippen LogP contribution in [0.25, 0.3) is 11.2 Å². The maximum atomic E-state index is 12.9. The number of nitrogens with two attached hydrogens (primary N) is 1. The molecule has 70 heavy (non-hydrogen) atoms. The number of rotatable bonds is 22. The first kappa shape index (κ1) is 56.0. The molecule has 4 aromatic rings. The molecule has 1 atom stereocenters. The fourth-order valence-electron chi connectivity index (χ4n) is 7.26. The monoisotopic (exact) mass is 1040 g/mol. The van der Waals surface area contributed by atoms with Crippen molar-refractivity contribution in [3.05, 3.63) is 81.9 Å². The van der Waals surface area contributed by atoms with Crippen molar-refractivity contribution >= 4 is 101 Å². The van der Waals surface area contributed by atoms with E-state index in [2.05, 4.69) is 46.1 Å². The van der Waals surface area contributed by atoms with E-state index in [1.54, 1.807) is 26.8 Å². The van der Waals surface area contributed by atoms with Crippen molar-refractivity contribution in [3.63, 3.8) is 0 Å². The third-order valence-corrected chi connectivity index (χ3v) is 11.2. The predicted molar refractivity (Wildman–Crippen MR) is 255 cm³/mol. The zero-order chi connectivity index (χ0) is 49.9. The third kappa shape index (κ3) is 19.4. The number of thiocarbonyl (C=S) groups is 1. The summed E-state index contributed by atoms with van der Waals surface area (Å²) in [7, 11) is 0. The van der Waals surface area contributed by atoms with E-state index in [-0.39, 0.29) is 114 Å². The zero-order valence-electron chi connectivity index (χ0n) is 38.2. The van der Waals surface area contributed by atoms with Gasteiger partial charge < -0.3 is 61.8 Å². The zero-order valence-corrected chi connectivity index (χ0v) is 41.5. The molecule has 0 spiro atoms.